The Balaban J connectivity index is 2.46. The van der Waals surface area contributed by atoms with Crippen molar-refractivity contribution in [2.45, 2.75) is 20.8 Å². The summed E-state index contributed by atoms with van der Waals surface area (Å²) in [6.07, 6.45) is 3.64. The van der Waals surface area contributed by atoms with Crippen LogP contribution in [0.15, 0.2) is 18.5 Å². The van der Waals surface area contributed by atoms with Crippen molar-refractivity contribution >= 4 is 28.7 Å². The van der Waals surface area contributed by atoms with Gasteiger partial charge in [0.1, 0.15) is 4.88 Å². The summed E-state index contributed by atoms with van der Waals surface area (Å²) in [6.45, 7) is 6.16. The van der Waals surface area contributed by atoms with E-state index in [0.29, 0.717) is 4.88 Å². The van der Waals surface area contributed by atoms with E-state index in [4.69, 9.17) is 4.74 Å². The smallest absolute Gasteiger partial charge is 0.350 e. The molecule has 0 saturated carbocycles. The number of aryl methyl sites for hydroxylation is 1. The molecule has 0 bridgehead atoms. The van der Waals surface area contributed by atoms with Crippen LogP contribution < -0.4 is 4.90 Å². The van der Waals surface area contributed by atoms with Crippen molar-refractivity contribution in [2.75, 3.05) is 19.1 Å². The Kier molecular flexibility index (Phi) is 4.81. The van der Waals surface area contributed by atoms with E-state index in [9.17, 15) is 4.79 Å². The van der Waals surface area contributed by atoms with Crippen molar-refractivity contribution in [3.05, 3.63) is 28.2 Å². The van der Waals surface area contributed by atoms with Gasteiger partial charge >= 0.3 is 5.97 Å². The molecule has 0 unspecified atom stereocenters. The molecule has 0 aliphatic carbocycles. The van der Waals surface area contributed by atoms with E-state index in [0.717, 1.165) is 16.3 Å². The first-order valence-electron chi connectivity index (χ1n) is 7.19. The minimum Gasteiger partial charge on any atom is -0.465 e. The topological polar surface area (TPSA) is 47.4 Å². The maximum absolute atomic E-state index is 12.1. The molecule has 2 aromatic heterocycles. The minimum atomic E-state index is -0.357. The summed E-state index contributed by atoms with van der Waals surface area (Å²) in [5, 5.41) is 4.17. The third kappa shape index (κ3) is 4.14. The highest BCUT2D eigenvalue weighted by molar-refractivity contribution is 7.15. The summed E-state index contributed by atoms with van der Waals surface area (Å²) in [5.41, 5.74) is 1.57. The van der Waals surface area contributed by atoms with Crippen molar-refractivity contribution in [3.63, 3.8) is 0 Å². The quantitative estimate of drug-likeness (QED) is 0.638. The fraction of sp³-hybridized carbons (Fsp3) is 0.412. The Morgan fingerprint density at radius 1 is 1.43 bits per heavy atom. The Morgan fingerprint density at radius 2 is 2.13 bits per heavy atom. The molecular formula is C17H21N3O2S. The lowest BCUT2D eigenvalue weighted by Gasteiger charge is -2.16. The predicted octanol–water partition coefficient (Wildman–Crippen LogP) is 3.43. The average molecular weight is 331 g/mol. The third-order valence-corrected chi connectivity index (χ3v) is 4.10. The summed E-state index contributed by atoms with van der Waals surface area (Å²) >= 11 is 1.35. The predicted molar refractivity (Wildman–Crippen MR) is 93.3 cm³/mol. The van der Waals surface area contributed by atoms with Crippen LogP contribution in [0.3, 0.4) is 0 Å². The molecule has 5 nitrogen and oxygen atoms in total. The zero-order valence-corrected chi connectivity index (χ0v) is 15.1. The zero-order valence-electron chi connectivity index (χ0n) is 14.3. The first-order chi connectivity index (χ1) is 10.7. The molecule has 2 heterocycles. The minimum absolute atomic E-state index is 0.0924. The highest BCUT2D eigenvalue weighted by Gasteiger charge is 2.21. The van der Waals surface area contributed by atoms with Crippen LogP contribution in [0.2, 0.25) is 0 Å². The molecule has 6 heteroatoms. The second kappa shape index (κ2) is 6.47. The summed E-state index contributed by atoms with van der Waals surface area (Å²) < 4.78 is 6.62. The Hall–Kier alpha value is -2.26. The second-order valence-corrected chi connectivity index (χ2v) is 7.30. The molecule has 2 aromatic rings. The van der Waals surface area contributed by atoms with Gasteiger partial charge in [-0.25, -0.2) is 4.79 Å². The molecule has 122 valence electrons. The van der Waals surface area contributed by atoms with E-state index in [1.54, 1.807) is 10.9 Å². The average Bonchev–Trinajstić information content (AvgIpc) is 3.09. The summed E-state index contributed by atoms with van der Waals surface area (Å²) in [5.74, 6) is 5.98. The van der Waals surface area contributed by atoms with Gasteiger partial charge in [-0.05, 0) is 26.8 Å². The highest BCUT2D eigenvalue weighted by atomic mass is 32.1. The summed E-state index contributed by atoms with van der Waals surface area (Å²) in [6, 6.07) is 1.92. The fourth-order valence-corrected chi connectivity index (χ4v) is 2.86. The summed E-state index contributed by atoms with van der Waals surface area (Å²) in [7, 11) is 5.13. The largest absolute Gasteiger partial charge is 0.465 e. The number of ether oxygens (including phenoxy) is 1. The van der Waals surface area contributed by atoms with E-state index >= 15 is 0 Å². The fourth-order valence-electron chi connectivity index (χ4n) is 1.90. The van der Waals surface area contributed by atoms with E-state index in [1.165, 1.54) is 18.4 Å². The van der Waals surface area contributed by atoms with Crippen LogP contribution in [0.25, 0.3) is 0 Å². The number of carbonyl (C=O) groups is 1. The normalized spacial score (nSPS) is 10.9. The lowest BCUT2D eigenvalue weighted by Crippen LogP contribution is -2.12. The van der Waals surface area contributed by atoms with Gasteiger partial charge in [-0.2, -0.15) is 5.10 Å². The van der Waals surface area contributed by atoms with Gasteiger partial charge in [0.05, 0.1) is 29.6 Å². The number of nitrogens with zero attached hydrogens (tertiary/aromatic N) is 3. The first kappa shape index (κ1) is 17.1. The zero-order chi connectivity index (χ0) is 17.2. The number of hydrogen-bond donors (Lipinski definition) is 0. The SMILES string of the molecule is COC(=O)c1sc(C#CC(C)(C)C)cc1N(C)c1cnn(C)c1. The van der Waals surface area contributed by atoms with Crippen LogP contribution in [0.5, 0.6) is 0 Å². The maximum Gasteiger partial charge on any atom is 0.350 e. The van der Waals surface area contributed by atoms with Crippen LogP contribution >= 0.6 is 11.3 Å². The van der Waals surface area contributed by atoms with Gasteiger partial charge in [-0.3, -0.25) is 4.68 Å². The monoisotopic (exact) mass is 331 g/mol. The number of carbonyl (C=O) groups excluding carboxylic acids is 1. The van der Waals surface area contributed by atoms with Crippen molar-refractivity contribution in [2.24, 2.45) is 12.5 Å². The van der Waals surface area contributed by atoms with Gasteiger partial charge in [-0.1, -0.05) is 11.8 Å². The van der Waals surface area contributed by atoms with Crippen LogP contribution in [0.1, 0.15) is 35.3 Å². The number of hydrogen-bond acceptors (Lipinski definition) is 5. The van der Waals surface area contributed by atoms with Gasteiger partial charge in [0.15, 0.2) is 0 Å². The van der Waals surface area contributed by atoms with Crippen LogP contribution in [-0.2, 0) is 11.8 Å². The molecule has 0 spiro atoms. The Bertz CT molecular complexity index is 772. The molecule has 2 rings (SSSR count). The van der Waals surface area contributed by atoms with E-state index in [-0.39, 0.29) is 11.4 Å². The maximum atomic E-state index is 12.1. The molecule has 23 heavy (non-hydrogen) atoms. The van der Waals surface area contributed by atoms with Gasteiger partial charge < -0.3 is 9.64 Å². The summed E-state index contributed by atoms with van der Waals surface area (Å²) in [4.78, 5) is 15.4. The number of rotatable bonds is 3. The molecule has 0 aliphatic rings. The molecule has 0 saturated heterocycles. The van der Waals surface area contributed by atoms with Crippen molar-refractivity contribution in [3.8, 4) is 11.8 Å². The molecule has 0 aliphatic heterocycles. The number of esters is 1. The number of thiophene rings is 1. The Labute approximate surface area is 140 Å². The third-order valence-electron chi connectivity index (χ3n) is 3.08. The number of methoxy groups -OCH3 is 1. The van der Waals surface area contributed by atoms with Gasteiger partial charge in [0.2, 0.25) is 0 Å². The standard InChI is InChI=1S/C17H21N3O2S/c1-17(2,3)8-7-13-9-14(15(23-13)16(21)22-6)20(5)12-10-18-19(4)11-12/h9-11H,1-6H3. The van der Waals surface area contributed by atoms with Crippen LogP contribution in [-0.4, -0.2) is 29.9 Å². The molecule has 0 N–H and O–H groups in total. The Morgan fingerprint density at radius 3 is 2.65 bits per heavy atom. The molecule has 0 fully saturated rings. The van der Waals surface area contributed by atoms with Gasteiger partial charge in [0.25, 0.3) is 0 Å². The second-order valence-electron chi connectivity index (χ2n) is 6.25. The van der Waals surface area contributed by atoms with E-state index in [1.807, 2.05) is 31.3 Å². The van der Waals surface area contributed by atoms with E-state index in [2.05, 4.69) is 37.7 Å². The lowest BCUT2D eigenvalue weighted by molar-refractivity contribution is 0.0607. The van der Waals surface area contributed by atoms with Crippen LogP contribution in [0.4, 0.5) is 11.4 Å². The molecular weight excluding hydrogens is 310 g/mol. The number of anilines is 2. The molecule has 0 radical (unpaired) electrons. The van der Waals surface area contributed by atoms with Crippen molar-refractivity contribution in [1.29, 1.82) is 0 Å². The lowest BCUT2D eigenvalue weighted by atomic mass is 9.98. The van der Waals surface area contributed by atoms with E-state index < -0.39 is 0 Å². The van der Waals surface area contributed by atoms with Crippen molar-refractivity contribution < 1.29 is 9.53 Å². The molecule has 0 aromatic carbocycles. The molecule has 0 amide bonds. The first-order valence-corrected chi connectivity index (χ1v) is 8.00. The van der Waals surface area contributed by atoms with Crippen LogP contribution in [0, 0.1) is 17.3 Å². The number of aromatic nitrogens is 2. The highest BCUT2D eigenvalue weighted by Crippen LogP contribution is 2.34. The van der Waals surface area contributed by atoms with Gasteiger partial charge in [0, 0.05) is 25.7 Å². The van der Waals surface area contributed by atoms with Crippen molar-refractivity contribution in [1.82, 2.24) is 9.78 Å². The molecule has 0 atom stereocenters. The van der Waals surface area contributed by atoms with Gasteiger partial charge in [-0.15, -0.1) is 11.3 Å².